The van der Waals surface area contributed by atoms with Crippen LogP contribution in [0.4, 0.5) is 15.8 Å². The molecule has 0 saturated heterocycles. The van der Waals surface area contributed by atoms with E-state index in [1.807, 2.05) is 0 Å². The molecule has 0 aliphatic carbocycles. The molecule has 2 rings (SSSR count). The van der Waals surface area contributed by atoms with Gasteiger partial charge in [-0.2, -0.15) is 0 Å². The topological polar surface area (TPSA) is 63.8 Å². The second-order valence-corrected chi connectivity index (χ2v) is 3.62. The van der Waals surface area contributed by atoms with E-state index in [0.29, 0.717) is 18.7 Å². The van der Waals surface area contributed by atoms with Gasteiger partial charge in [0, 0.05) is 18.7 Å². The van der Waals surface area contributed by atoms with Gasteiger partial charge in [0.15, 0.2) is 0 Å². The quantitative estimate of drug-likeness (QED) is 0.844. The highest BCUT2D eigenvalue weighted by Gasteiger charge is 1.97. The maximum Gasteiger partial charge on any atom is 0.130 e. The minimum Gasteiger partial charge on any atom is -0.396 e. The van der Waals surface area contributed by atoms with Crippen molar-refractivity contribution in [2.75, 3.05) is 17.6 Å². The number of nitrogen functional groups attached to an aromatic ring is 1. The summed E-state index contributed by atoms with van der Waals surface area (Å²) >= 11 is 0. The highest BCUT2D eigenvalue weighted by atomic mass is 19.1. The highest BCUT2D eigenvalue weighted by Crippen LogP contribution is 2.08. The molecule has 1 heterocycles. The van der Waals surface area contributed by atoms with Gasteiger partial charge in [-0.05, 0) is 24.3 Å². The van der Waals surface area contributed by atoms with Crippen LogP contribution in [-0.4, -0.2) is 16.5 Å². The maximum absolute atomic E-state index is 12.7. The first-order chi connectivity index (χ1) is 8.24. The highest BCUT2D eigenvalue weighted by molar-refractivity contribution is 5.42. The fraction of sp³-hybridized carbons (Fsp3) is 0.167. The number of hydrogen-bond donors (Lipinski definition) is 2. The Morgan fingerprint density at radius 2 is 1.76 bits per heavy atom. The molecule has 2 aromatic rings. The molecule has 1 aromatic carbocycles. The number of nitrogens with two attached hydrogens (primary N) is 1. The zero-order valence-corrected chi connectivity index (χ0v) is 9.23. The predicted molar refractivity (Wildman–Crippen MR) is 65.0 cm³/mol. The van der Waals surface area contributed by atoms with E-state index in [1.165, 1.54) is 12.1 Å². The molecule has 0 bridgehead atoms. The first-order valence-corrected chi connectivity index (χ1v) is 5.30. The van der Waals surface area contributed by atoms with Crippen LogP contribution >= 0.6 is 0 Å². The zero-order chi connectivity index (χ0) is 12.1. The van der Waals surface area contributed by atoms with Crippen molar-refractivity contribution < 1.29 is 4.39 Å². The Hall–Kier alpha value is -2.17. The van der Waals surface area contributed by atoms with E-state index in [4.69, 9.17) is 5.73 Å². The van der Waals surface area contributed by atoms with Gasteiger partial charge in [0.1, 0.15) is 11.6 Å². The van der Waals surface area contributed by atoms with Crippen molar-refractivity contribution in [3.63, 3.8) is 0 Å². The van der Waals surface area contributed by atoms with E-state index < -0.39 is 0 Å². The van der Waals surface area contributed by atoms with Crippen LogP contribution in [0.3, 0.4) is 0 Å². The number of nitrogens with zero attached hydrogens (tertiary/aromatic N) is 2. The molecular weight excluding hydrogens is 219 g/mol. The summed E-state index contributed by atoms with van der Waals surface area (Å²) in [5, 5.41) is 3.16. The normalized spacial score (nSPS) is 10.2. The summed E-state index contributed by atoms with van der Waals surface area (Å²) in [6.45, 7) is 0.690. The standard InChI is InChI=1S/C12H13FN4/c13-9-1-3-11(4-2-9)15-6-5-12-16-7-10(14)8-17-12/h1-4,7-8,15H,5-6,14H2. The molecule has 17 heavy (non-hydrogen) atoms. The van der Waals surface area contributed by atoms with Crippen LogP contribution in [-0.2, 0) is 6.42 Å². The molecular formula is C12H13FN4. The van der Waals surface area contributed by atoms with Crippen LogP contribution in [0.2, 0.25) is 0 Å². The molecule has 0 aliphatic rings. The van der Waals surface area contributed by atoms with Crippen LogP contribution in [0.5, 0.6) is 0 Å². The van der Waals surface area contributed by atoms with E-state index in [1.54, 1.807) is 24.5 Å². The van der Waals surface area contributed by atoms with Crippen molar-refractivity contribution >= 4 is 11.4 Å². The second kappa shape index (κ2) is 5.25. The summed E-state index contributed by atoms with van der Waals surface area (Å²) in [4.78, 5) is 8.17. The molecule has 0 saturated carbocycles. The number of nitrogens with one attached hydrogen (secondary N) is 1. The number of benzene rings is 1. The summed E-state index contributed by atoms with van der Waals surface area (Å²) < 4.78 is 12.7. The lowest BCUT2D eigenvalue weighted by atomic mass is 10.3. The summed E-state index contributed by atoms with van der Waals surface area (Å²) in [6, 6.07) is 6.22. The van der Waals surface area contributed by atoms with Crippen molar-refractivity contribution in [3.8, 4) is 0 Å². The Morgan fingerprint density at radius 3 is 2.41 bits per heavy atom. The lowest BCUT2D eigenvalue weighted by Gasteiger charge is -2.05. The van der Waals surface area contributed by atoms with Gasteiger partial charge in [0.25, 0.3) is 0 Å². The van der Waals surface area contributed by atoms with E-state index in [-0.39, 0.29) is 5.82 Å². The SMILES string of the molecule is Nc1cnc(CCNc2ccc(F)cc2)nc1. The lowest BCUT2D eigenvalue weighted by molar-refractivity contribution is 0.628. The van der Waals surface area contributed by atoms with Crippen LogP contribution in [0.1, 0.15) is 5.82 Å². The van der Waals surface area contributed by atoms with Crippen molar-refractivity contribution in [3.05, 3.63) is 48.3 Å². The van der Waals surface area contributed by atoms with Gasteiger partial charge < -0.3 is 11.1 Å². The third-order valence-corrected chi connectivity index (χ3v) is 2.25. The fourth-order valence-electron chi connectivity index (χ4n) is 1.38. The molecule has 0 amide bonds. The first-order valence-electron chi connectivity index (χ1n) is 5.30. The lowest BCUT2D eigenvalue weighted by Crippen LogP contribution is -2.07. The molecule has 5 heteroatoms. The molecule has 88 valence electrons. The molecule has 0 fully saturated rings. The molecule has 0 atom stereocenters. The maximum atomic E-state index is 12.7. The van der Waals surface area contributed by atoms with Gasteiger partial charge in [-0.15, -0.1) is 0 Å². The van der Waals surface area contributed by atoms with E-state index >= 15 is 0 Å². The minimum atomic E-state index is -0.239. The Labute approximate surface area is 98.7 Å². The van der Waals surface area contributed by atoms with Gasteiger partial charge in [0.2, 0.25) is 0 Å². The minimum absolute atomic E-state index is 0.239. The second-order valence-electron chi connectivity index (χ2n) is 3.62. The van der Waals surface area contributed by atoms with Crippen LogP contribution in [0.25, 0.3) is 0 Å². The van der Waals surface area contributed by atoms with Gasteiger partial charge >= 0.3 is 0 Å². The molecule has 0 aliphatic heterocycles. The molecule has 0 spiro atoms. The number of aromatic nitrogens is 2. The van der Waals surface area contributed by atoms with Gasteiger partial charge in [0.05, 0.1) is 18.1 Å². The Kier molecular flexibility index (Phi) is 3.49. The summed E-state index contributed by atoms with van der Waals surface area (Å²) in [6.07, 6.45) is 3.86. The molecule has 0 radical (unpaired) electrons. The summed E-state index contributed by atoms with van der Waals surface area (Å²) in [7, 11) is 0. The Balaban J connectivity index is 1.83. The van der Waals surface area contributed by atoms with E-state index in [2.05, 4.69) is 15.3 Å². The summed E-state index contributed by atoms with van der Waals surface area (Å²) in [5.74, 6) is 0.492. The van der Waals surface area contributed by atoms with Crippen molar-refractivity contribution in [1.82, 2.24) is 9.97 Å². The molecule has 4 nitrogen and oxygen atoms in total. The largest absolute Gasteiger partial charge is 0.396 e. The van der Waals surface area contributed by atoms with E-state index in [9.17, 15) is 4.39 Å². The Morgan fingerprint density at radius 1 is 1.12 bits per heavy atom. The first kappa shape index (κ1) is 11.3. The molecule has 0 unspecified atom stereocenters. The smallest absolute Gasteiger partial charge is 0.130 e. The number of rotatable bonds is 4. The van der Waals surface area contributed by atoms with Crippen molar-refractivity contribution in [2.45, 2.75) is 6.42 Å². The fourth-order valence-corrected chi connectivity index (χ4v) is 1.38. The predicted octanol–water partition coefficient (Wildman–Crippen LogP) is 1.85. The van der Waals surface area contributed by atoms with Gasteiger partial charge in [-0.25, -0.2) is 14.4 Å². The van der Waals surface area contributed by atoms with Crippen LogP contribution in [0, 0.1) is 5.82 Å². The number of hydrogen-bond acceptors (Lipinski definition) is 4. The monoisotopic (exact) mass is 232 g/mol. The van der Waals surface area contributed by atoms with Crippen molar-refractivity contribution in [1.29, 1.82) is 0 Å². The third-order valence-electron chi connectivity index (χ3n) is 2.25. The molecule has 1 aromatic heterocycles. The third kappa shape index (κ3) is 3.41. The number of anilines is 2. The summed E-state index contributed by atoms with van der Waals surface area (Å²) in [5.41, 5.74) is 6.92. The Bertz CT molecular complexity index is 421. The molecule has 3 N–H and O–H groups in total. The average molecular weight is 232 g/mol. The average Bonchev–Trinajstić information content (AvgIpc) is 2.34. The van der Waals surface area contributed by atoms with Crippen LogP contribution < -0.4 is 11.1 Å². The van der Waals surface area contributed by atoms with Crippen LogP contribution in [0.15, 0.2) is 36.7 Å². The van der Waals surface area contributed by atoms with Gasteiger partial charge in [-0.1, -0.05) is 0 Å². The van der Waals surface area contributed by atoms with Crippen molar-refractivity contribution in [2.24, 2.45) is 0 Å². The zero-order valence-electron chi connectivity index (χ0n) is 9.23. The van der Waals surface area contributed by atoms with Gasteiger partial charge in [-0.3, -0.25) is 0 Å². The van der Waals surface area contributed by atoms with E-state index in [0.717, 1.165) is 11.5 Å². The number of halogens is 1.